The number of piperidine rings is 1. The summed E-state index contributed by atoms with van der Waals surface area (Å²) in [5.41, 5.74) is 2.03. The Morgan fingerprint density at radius 1 is 1.19 bits per heavy atom. The summed E-state index contributed by atoms with van der Waals surface area (Å²) >= 11 is 0. The number of nitro groups is 1. The Kier molecular flexibility index (Phi) is 6.13. The van der Waals surface area contributed by atoms with Crippen LogP contribution in [0.15, 0.2) is 42.6 Å². The highest BCUT2D eigenvalue weighted by atomic mass is 16.6. The lowest BCUT2D eigenvalue weighted by molar-refractivity contribution is -0.908. The van der Waals surface area contributed by atoms with E-state index in [9.17, 15) is 14.9 Å². The van der Waals surface area contributed by atoms with E-state index < -0.39 is 17.0 Å². The number of carbonyl (C=O) groups is 1. The van der Waals surface area contributed by atoms with Gasteiger partial charge in [0.15, 0.2) is 6.10 Å². The number of quaternary nitrogens is 1. The number of pyridine rings is 1. The first-order valence-corrected chi connectivity index (χ1v) is 9.24. The van der Waals surface area contributed by atoms with E-state index in [2.05, 4.69) is 4.98 Å². The standard InChI is InChI=1S/C20H23N3O4/c1-15-5-6-17(13-21-15)19(14-22-11-3-2-4-12-22)27-20(24)16-7-9-18(10-8-16)23(25)26/h5-10,13,19H,2-4,11-12,14H2,1H3/p+1. The van der Waals surface area contributed by atoms with Crippen molar-refractivity contribution in [2.75, 3.05) is 19.6 Å². The van der Waals surface area contributed by atoms with Gasteiger partial charge in [0.1, 0.15) is 6.54 Å². The van der Waals surface area contributed by atoms with Crippen molar-refractivity contribution in [1.82, 2.24) is 4.98 Å². The highest BCUT2D eigenvalue weighted by Gasteiger charge is 2.25. The zero-order valence-corrected chi connectivity index (χ0v) is 15.4. The summed E-state index contributed by atoms with van der Waals surface area (Å²) in [4.78, 5) is 28.6. The van der Waals surface area contributed by atoms with Crippen LogP contribution in [0.1, 0.15) is 47.0 Å². The fraction of sp³-hybridized carbons (Fsp3) is 0.400. The maximum Gasteiger partial charge on any atom is 0.338 e. The molecule has 0 saturated carbocycles. The summed E-state index contributed by atoms with van der Waals surface area (Å²) in [6, 6.07) is 9.34. The molecule has 1 fully saturated rings. The Balaban J connectivity index is 1.75. The second-order valence-electron chi connectivity index (χ2n) is 6.95. The Morgan fingerprint density at radius 2 is 1.89 bits per heavy atom. The number of carbonyl (C=O) groups excluding carboxylic acids is 1. The Labute approximate surface area is 158 Å². The average molecular weight is 370 g/mol. The molecule has 0 bridgehead atoms. The van der Waals surface area contributed by atoms with Gasteiger partial charge in [-0.15, -0.1) is 0 Å². The molecule has 2 aromatic rings. The predicted molar refractivity (Wildman–Crippen MR) is 99.6 cm³/mol. The normalized spacial score (nSPS) is 15.9. The molecule has 27 heavy (non-hydrogen) atoms. The van der Waals surface area contributed by atoms with Crippen molar-refractivity contribution < 1.29 is 19.4 Å². The van der Waals surface area contributed by atoms with Crippen LogP contribution in [-0.4, -0.2) is 35.5 Å². The molecule has 1 aliphatic rings. The van der Waals surface area contributed by atoms with E-state index in [-0.39, 0.29) is 5.69 Å². The number of nitro benzene ring substituents is 1. The monoisotopic (exact) mass is 370 g/mol. The van der Waals surface area contributed by atoms with Crippen LogP contribution in [0.25, 0.3) is 0 Å². The minimum Gasteiger partial charge on any atom is -0.448 e. The lowest BCUT2D eigenvalue weighted by atomic mass is 10.1. The molecule has 7 nitrogen and oxygen atoms in total. The van der Waals surface area contributed by atoms with Crippen molar-refractivity contribution in [1.29, 1.82) is 0 Å². The average Bonchev–Trinajstić information content (AvgIpc) is 2.69. The van der Waals surface area contributed by atoms with Gasteiger partial charge in [-0.3, -0.25) is 15.1 Å². The third-order valence-electron chi connectivity index (χ3n) is 4.90. The van der Waals surface area contributed by atoms with Gasteiger partial charge in [0, 0.05) is 29.6 Å². The summed E-state index contributed by atoms with van der Waals surface area (Å²) < 4.78 is 5.80. The number of aryl methyl sites for hydroxylation is 1. The SMILES string of the molecule is Cc1ccc(C(C[NH+]2CCCCC2)OC(=O)c2ccc([N+](=O)[O-])cc2)cn1. The van der Waals surface area contributed by atoms with Crippen LogP contribution in [0.2, 0.25) is 0 Å². The Bertz CT molecular complexity index is 784. The minimum absolute atomic E-state index is 0.0522. The summed E-state index contributed by atoms with van der Waals surface area (Å²) in [7, 11) is 0. The van der Waals surface area contributed by atoms with Crippen molar-refractivity contribution in [3.8, 4) is 0 Å². The lowest BCUT2D eigenvalue weighted by Gasteiger charge is -2.27. The number of esters is 1. The fourth-order valence-corrected chi connectivity index (χ4v) is 3.33. The molecular weight excluding hydrogens is 346 g/mol. The van der Waals surface area contributed by atoms with Gasteiger partial charge < -0.3 is 9.64 Å². The maximum atomic E-state index is 12.6. The van der Waals surface area contributed by atoms with E-state index >= 15 is 0 Å². The molecule has 0 radical (unpaired) electrons. The molecule has 1 saturated heterocycles. The van der Waals surface area contributed by atoms with E-state index in [1.807, 2.05) is 19.1 Å². The number of hydrogen-bond acceptors (Lipinski definition) is 5. The van der Waals surface area contributed by atoms with Crippen molar-refractivity contribution >= 4 is 11.7 Å². The molecule has 0 aliphatic carbocycles. The van der Waals surface area contributed by atoms with Crippen LogP contribution in [0.5, 0.6) is 0 Å². The third-order valence-corrected chi connectivity index (χ3v) is 4.90. The summed E-state index contributed by atoms with van der Waals surface area (Å²) in [5.74, 6) is -0.480. The van der Waals surface area contributed by atoms with Gasteiger partial charge in [-0.1, -0.05) is 6.07 Å². The first kappa shape index (κ1) is 19.0. The highest BCUT2D eigenvalue weighted by Crippen LogP contribution is 2.19. The van der Waals surface area contributed by atoms with Gasteiger partial charge in [0.2, 0.25) is 0 Å². The number of nitrogens with zero attached hydrogens (tertiary/aromatic N) is 2. The van der Waals surface area contributed by atoms with Crippen molar-refractivity contribution in [2.45, 2.75) is 32.3 Å². The largest absolute Gasteiger partial charge is 0.448 e. The van der Waals surface area contributed by atoms with Crippen LogP contribution in [0.4, 0.5) is 5.69 Å². The van der Waals surface area contributed by atoms with Gasteiger partial charge in [0.05, 0.1) is 23.6 Å². The van der Waals surface area contributed by atoms with Gasteiger partial charge in [0.25, 0.3) is 5.69 Å². The molecule has 1 N–H and O–H groups in total. The van der Waals surface area contributed by atoms with Gasteiger partial charge in [-0.2, -0.15) is 0 Å². The number of rotatable bonds is 6. The number of non-ortho nitro benzene ring substituents is 1. The summed E-state index contributed by atoms with van der Waals surface area (Å²) in [6.45, 7) is 4.76. The van der Waals surface area contributed by atoms with Gasteiger partial charge >= 0.3 is 5.97 Å². The van der Waals surface area contributed by atoms with E-state index in [4.69, 9.17) is 4.74 Å². The molecule has 1 aliphatic heterocycles. The second-order valence-corrected chi connectivity index (χ2v) is 6.95. The number of nitrogens with one attached hydrogen (secondary N) is 1. The molecule has 1 unspecified atom stereocenters. The smallest absolute Gasteiger partial charge is 0.338 e. The Morgan fingerprint density at radius 3 is 2.48 bits per heavy atom. The molecule has 1 atom stereocenters. The third kappa shape index (κ3) is 5.10. The summed E-state index contributed by atoms with van der Waals surface area (Å²) in [5, 5.41) is 10.8. The first-order chi connectivity index (χ1) is 13.0. The maximum absolute atomic E-state index is 12.6. The summed E-state index contributed by atoms with van der Waals surface area (Å²) in [6.07, 6.45) is 4.98. The van der Waals surface area contributed by atoms with Crippen molar-refractivity contribution in [2.24, 2.45) is 0 Å². The van der Waals surface area contributed by atoms with Crippen LogP contribution < -0.4 is 4.90 Å². The van der Waals surface area contributed by atoms with E-state index in [1.165, 1.54) is 48.4 Å². The van der Waals surface area contributed by atoms with E-state index in [1.54, 1.807) is 6.20 Å². The highest BCUT2D eigenvalue weighted by molar-refractivity contribution is 5.89. The molecule has 0 amide bonds. The van der Waals surface area contributed by atoms with Crippen molar-refractivity contribution in [3.63, 3.8) is 0 Å². The number of aromatic nitrogens is 1. The molecule has 1 aromatic carbocycles. The number of hydrogen-bond donors (Lipinski definition) is 1. The molecule has 0 spiro atoms. The molecule has 3 rings (SSSR count). The van der Waals surface area contributed by atoms with Crippen molar-refractivity contribution in [3.05, 3.63) is 69.5 Å². The second kappa shape index (κ2) is 8.73. The molecule has 2 heterocycles. The van der Waals surface area contributed by atoms with Gasteiger partial charge in [-0.25, -0.2) is 4.79 Å². The number of ether oxygens (including phenoxy) is 1. The predicted octanol–water partition coefficient (Wildman–Crippen LogP) is 2.27. The molecular formula is C20H24N3O4+. The zero-order chi connectivity index (χ0) is 19.2. The van der Waals surface area contributed by atoms with Crippen LogP contribution in [0.3, 0.4) is 0 Å². The Hall–Kier alpha value is -2.80. The van der Waals surface area contributed by atoms with Crippen LogP contribution >= 0.6 is 0 Å². The van der Waals surface area contributed by atoms with E-state index in [0.29, 0.717) is 12.1 Å². The van der Waals surface area contributed by atoms with Crippen LogP contribution in [-0.2, 0) is 4.74 Å². The van der Waals surface area contributed by atoms with Gasteiger partial charge in [-0.05, 0) is 44.4 Å². The zero-order valence-electron chi connectivity index (χ0n) is 15.4. The molecule has 1 aromatic heterocycles. The minimum atomic E-state index is -0.490. The molecule has 142 valence electrons. The van der Waals surface area contributed by atoms with E-state index in [0.717, 1.165) is 24.3 Å². The van der Waals surface area contributed by atoms with Crippen LogP contribution in [0, 0.1) is 17.0 Å². The fourth-order valence-electron chi connectivity index (χ4n) is 3.33. The lowest BCUT2D eigenvalue weighted by Crippen LogP contribution is -3.13. The number of likely N-dealkylation sites (tertiary alicyclic amines) is 1. The first-order valence-electron chi connectivity index (χ1n) is 9.24. The number of benzene rings is 1. The topological polar surface area (TPSA) is 86.8 Å². The molecule has 7 heteroatoms. The quantitative estimate of drug-likeness (QED) is 0.479.